The molecule has 1 heterocycles. The van der Waals surface area contributed by atoms with Crippen LogP contribution in [0.15, 0.2) is 0 Å². The highest BCUT2D eigenvalue weighted by Gasteiger charge is 2.28. The average Bonchev–Trinajstić information content (AvgIpc) is 2.10. The van der Waals surface area contributed by atoms with Crippen molar-refractivity contribution in [2.24, 2.45) is 0 Å². The topological polar surface area (TPSA) is 32.7 Å². The van der Waals surface area contributed by atoms with Crippen molar-refractivity contribution in [2.75, 3.05) is 27.2 Å². The van der Waals surface area contributed by atoms with Crippen LogP contribution in [0, 0.1) is 0 Å². The Kier molecular flexibility index (Phi) is 2.05. The minimum absolute atomic E-state index is 0.0231. The van der Waals surface area contributed by atoms with Crippen LogP contribution in [-0.4, -0.2) is 49.5 Å². The monoisotopic (exact) mass is 131 g/mol. The zero-order valence-electron chi connectivity index (χ0n) is 5.87. The summed E-state index contributed by atoms with van der Waals surface area (Å²) in [5.74, 6) is 0. The molecule has 2 atom stereocenters. The van der Waals surface area contributed by atoms with Gasteiger partial charge in [0.05, 0.1) is 12.2 Å². The second kappa shape index (κ2) is 2.64. The molecule has 3 heteroatoms. The molecule has 0 unspecified atom stereocenters. The van der Waals surface area contributed by atoms with Crippen molar-refractivity contribution in [3.8, 4) is 0 Å². The van der Waals surface area contributed by atoms with E-state index < -0.39 is 0 Å². The summed E-state index contributed by atoms with van der Waals surface area (Å²) in [4.78, 5) is 2.05. The van der Waals surface area contributed by atoms with E-state index in [0.29, 0.717) is 0 Å². The predicted molar refractivity (Wildman–Crippen MR) is 34.3 cm³/mol. The van der Waals surface area contributed by atoms with E-state index in [-0.39, 0.29) is 12.2 Å². The van der Waals surface area contributed by atoms with E-state index in [1.54, 1.807) is 7.11 Å². The van der Waals surface area contributed by atoms with Crippen molar-refractivity contribution in [3.05, 3.63) is 0 Å². The summed E-state index contributed by atoms with van der Waals surface area (Å²) in [6.45, 7) is 1.58. The molecule has 0 spiro atoms. The minimum atomic E-state index is -0.292. The molecule has 0 bridgehead atoms. The van der Waals surface area contributed by atoms with Crippen LogP contribution in [0.2, 0.25) is 0 Å². The zero-order valence-corrected chi connectivity index (χ0v) is 5.87. The number of aliphatic hydroxyl groups is 1. The Hall–Kier alpha value is -0.120. The SMILES string of the molecule is CO[C@@H]1CN(C)C[C@H]1O. The lowest BCUT2D eigenvalue weighted by Gasteiger charge is -2.09. The molecule has 1 aliphatic rings. The fraction of sp³-hybridized carbons (Fsp3) is 1.00. The molecule has 54 valence electrons. The van der Waals surface area contributed by atoms with Gasteiger partial charge in [-0.2, -0.15) is 0 Å². The molecular formula is C6H13NO2. The average molecular weight is 131 g/mol. The number of hydrogen-bond acceptors (Lipinski definition) is 3. The van der Waals surface area contributed by atoms with Gasteiger partial charge < -0.3 is 14.7 Å². The molecule has 3 nitrogen and oxygen atoms in total. The number of methoxy groups -OCH3 is 1. The summed E-state index contributed by atoms with van der Waals surface area (Å²) in [6, 6.07) is 0. The number of ether oxygens (including phenoxy) is 1. The second-order valence-corrected chi connectivity index (χ2v) is 2.56. The molecular weight excluding hydrogens is 118 g/mol. The Morgan fingerprint density at radius 3 is 2.44 bits per heavy atom. The molecule has 1 saturated heterocycles. The molecule has 1 aliphatic heterocycles. The van der Waals surface area contributed by atoms with Crippen molar-refractivity contribution in [2.45, 2.75) is 12.2 Å². The first-order chi connectivity index (χ1) is 4.24. The normalized spacial score (nSPS) is 37.7. The van der Waals surface area contributed by atoms with Crippen LogP contribution in [0.4, 0.5) is 0 Å². The minimum Gasteiger partial charge on any atom is -0.389 e. The van der Waals surface area contributed by atoms with E-state index in [1.165, 1.54) is 0 Å². The molecule has 9 heavy (non-hydrogen) atoms. The summed E-state index contributed by atoms with van der Waals surface area (Å²) in [6.07, 6.45) is -0.269. The van der Waals surface area contributed by atoms with Crippen LogP contribution in [0.1, 0.15) is 0 Å². The summed E-state index contributed by atoms with van der Waals surface area (Å²) >= 11 is 0. The van der Waals surface area contributed by atoms with Gasteiger partial charge >= 0.3 is 0 Å². The smallest absolute Gasteiger partial charge is 0.0969 e. The summed E-state index contributed by atoms with van der Waals surface area (Å²) < 4.78 is 5.00. The number of likely N-dealkylation sites (tertiary alicyclic amines) is 1. The first kappa shape index (κ1) is 6.99. The molecule has 0 amide bonds. The number of likely N-dealkylation sites (N-methyl/N-ethyl adjacent to an activating group) is 1. The van der Waals surface area contributed by atoms with Crippen molar-refractivity contribution < 1.29 is 9.84 Å². The summed E-state index contributed by atoms with van der Waals surface area (Å²) in [5.41, 5.74) is 0. The molecule has 1 N–H and O–H groups in total. The molecule has 0 aromatic rings. The van der Waals surface area contributed by atoms with E-state index in [0.717, 1.165) is 13.1 Å². The van der Waals surface area contributed by atoms with Crippen LogP contribution in [0.5, 0.6) is 0 Å². The maximum Gasteiger partial charge on any atom is 0.0969 e. The van der Waals surface area contributed by atoms with Crippen molar-refractivity contribution >= 4 is 0 Å². The number of β-amino-alcohol motifs (C(OH)–C–C–N with tert-alkyl or cyclic N) is 1. The highest BCUT2D eigenvalue weighted by Crippen LogP contribution is 2.09. The number of hydrogen-bond donors (Lipinski definition) is 1. The predicted octanol–water partition coefficient (Wildman–Crippen LogP) is -0.692. The van der Waals surface area contributed by atoms with Crippen molar-refractivity contribution in [1.82, 2.24) is 4.90 Å². The lowest BCUT2D eigenvalue weighted by molar-refractivity contribution is 0.0215. The quantitative estimate of drug-likeness (QED) is 0.511. The van der Waals surface area contributed by atoms with Crippen molar-refractivity contribution in [1.29, 1.82) is 0 Å². The highest BCUT2D eigenvalue weighted by atomic mass is 16.5. The molecule has 0 saturated carbocycles. The van der Waals surface area contributed by atoms with Crippen LogP contribution in [0.3, 0.4) is 0 Å². The van der Waals surface area contributed by atoms with E-state index in [4.69, 9.17) is 4.74 Å². The van der Waals surface area contributed by atoms with Crippen LogP contribution < -0.4 is 0 Å². The lowest BCUT2D eigenvalue weighted by atomic mass is 10.3. The van der Waals surface area contributed by atoms with Crippen LogP contribution >= 0.6 is 0 Å². The third-order valence-electron chi connectivity index (χ3n) is 1.72. The highest BCUT2D eigenvalue weighted by molar-refractivity contribution is 4.81. The molecule has 0 aliphatic carbocycles. The third kappa shape index (κ3) is 1.41. The summed E-state index contributed by atoms with van der Waals surface area (Å²) in [7, 11) is 3.61. The second-order valence-electron chi connectivity index (χ2n) is 2.56. The van der Waals surface area contributed by atoms with Gasteiger partial charge in [0, 0.05) is 20.2 Å². The fourth-order valence-electron chi connectivity index (χ4n) is 1.17. The summed E-state index contributed by atoms with van der Waals surface area (Å²) in [5, 5.41) is 9.19. The molecule has 0 aromatic carbocycles. The first-order valence-corrected chi connectivity index (χ1v) is 3.13. The van der Waals surface area contributed by atoms with E-state index in [9.17, 15) is 5.11 Å². The van der Waals surface area contributed by atoms with E-state index in [1.807, 2.05) is 7.05 Å². The van der Waals surface area contributed by atoms with Gasteiger partial charge in [-0.3, -0.25) is 0 Å². The van der Waals surface area contributed by atoms with Gasteiger partial charge in [-0.05, 0) is 7.05 Å². The van der Waals surface area contributed by atoms with Gasteiger partial charge in [-0.25, -0.2) is 0 Å². The maximum absolute atomic E-state index is 9.19. The van der Waals surface area contributed by atoms with E-state index >= 15 is 0 Å². The Balaban J connectivity index is 2.38. The number of aliphatic hydroxyl groups excluding tert-OH is 1. The van der Waals surface area contributed by atoms with Crippen molar-refractivity contribution in [3.63, 3.8) is 0 Å². The van der Waals surface area contributed by atoms with Gasteiger partial charge in [0.1, 0.15) is 0 Å². The largest absolute Gasteiger partial charge is 0.389 e. The van der Waals surface area contributed by atoms with Gasteiger partial charge in [0.15, 0.2) is 0 Å². The zero-order chi connectivity index (χ0) is 6.85. The number of nitrogens with zero attached hydrogens (tertiary/aromatic N) is 1. The standard InChI is InChI=1S/C6H13NO2/c1-7-3-5(8)6(4-7)9-2/h5-6,8H,3-4H2,1-2H3/t5-,6-/m1/s1. The van der Waals surface area contributed by atoms with Crippen LogP contribution in [-0.2, 0) is 4.74 Å². The first-order valence-electron chi connectivity index (χ1n) is 3.13. The van der Waals surface area contributed by atoms with Crippen LogP contribution in [0.25, 0.3) is 0 Å². The Morgan fingerprint density at radius 2 is 2.22 bits per heavy atom. The van der Waals surface area contributed by atoms with Gasteiger partial charge in [-0.1, -0.05) is 0 Å². The Labute approximate surface area is 55.2 Å². The van der Waals surface area contributed by atoms with Gasteiger partial charge in [-0.15, -0.1) is 0 Å². The third-order valence-corrected chi connectivity index (χ3v) is 1.72. The molecule has 0 radical (unpaired) electrons. The van der Waals surface area contributed by atoms with Gasteiger partial charge in [0.25, 0.3) is 0 Å². The Morgan fingerprint density at radius 1 is 1.56 bits per heavy atom. The lowest BCUT2D eigenvalue weighted by Crippen LogP contribution is -2.25. The Bertz CT molecular complexity index is 97.1. The fourth-order valence-corrected chi connectivity index (χ4v) is 1.17. The van der Waals surface area contributed by atoms with E-state index in [2.05, 4.69) is 4.90 Å². The molecule has 0 aromatic heterocycles. The number of rotatable bonds is 1. The molecule has 1 fully saturated rings. The van der Waals surface area contributed by atoms with Gasteiger partial charge in [0.2, 0.25) is 0 Å². The maximum atomic E-state index is 9.19. The molecule has 1 rings (SSSR count).